The molecule has 3 aromatic carbocycles. The minimum atomic E-state index is -0.650. The van der Waals surface area contributed by atoms with Crippen LogP contribution >= 0.6 is 11.8 Å². The van der Waals surface area contributed by atoms with Crippen molar-refractivity contribution in [1.82, 2.24) is 5.01 Å². The summed E-state index contributed by atoms with van der Waals surface area (Å²) in [5.41, 5.74) is 3.30. The van der Waals surface area contributed by atoms with E-state index in [1.54, 1.807) is 48.5 Å². The highest BCUT2D eigenvalue weighted by molar-refractivity contribution is 8.15. The number of carbonyl (C=O) groups excluding carboxylic acids is 2. The van der Waals surface area contributed by atoms with Crippen LogP contribution in [0.4, 0.5) is 10.1 Å². The van der Waals surface area contributed by atoms with Crippen LogP contribution in [0.25, 0.3) is 0 Å². The molecule has 0 bridgehead atoms. The summed E-state index contributed by atoms with van der Waals surface area (Å²) in [6.45, 7) is 0. The molecule has 0 aliphatic carbocycles. The van der Waals surface area contributed by atoms with Gasteiger partial charge in [-0.05, 0) is 47.5 Å². The summed E-state index contributed by atoms with van der Waals surface area (Å²) in [7, 11) is 1.57. The summed E-state index contributed by atoms with van der Waals surface area (Å²) in [4.78, 5) is 29.6. The van der Waals surface area contributed by atoms with E-state index in [4.69, 9.17) is 9.84 Å². The summed E-state index contributed by atoms with van der Waals surface area (Å²) < 4.78 is 18.7. The zero-order valence-electron chi connectivity index (χ0n) is 19.4. The molecule has 2 heterocycles. The lowest BCUT2D eigenvalue weighted by Gasteiger charge is -2.23. The van der Waals surface area contributed by atoms with E-state index in [-0.39, 0.29) is 30.1 Å². The van der Waals surface area contributed by atoms with Crippen LogP contribution in [0.2, 0.25) is 0 Å². The Hall–Kier alpha value is -3.98. The predicted molar refractivity (Wildman–Crippen MR) is 139 cm³/mol. The van der Waals surface area contributed by atoms with E-state index in [1.807, 2.05) is 30.3 Å². The predicted octanol–water partition coefficient (Wildman–Crippen LogP) is 5.01. The molecule has 2 aliphatic heterocycles. The maximum absolute atomic E-state index is 13.6. The van der Waals surface area contributed by atoms with Gasteiger partial charge in [0.15, 0.2) is 5.17 Å². The summed E-state index contributed by atoms with van der Waals surface area (Å²) in [5, 5.41) is 9.10. The van der Waals surface area contributed by atoms with Crippen LogP contribution in [0.3, 0.4) is 0 Å². The molecule has 0 spiro atoms. The molecule has 2 amide bonds. The van der Waals surface area contributed by atoms with Crippen molar-refractivity contribution in [3.05, 3.63) is 95.8 Å². The number of nitrogens with zero attached hydrogens (tertiary/aromatic N) is 3. The molecule has 5 rings (SSSR count). The lowest BCUT2D eigenvalue weighted by Crippen LogP contribution is -2.25. The summed E-state index contributed by atoms with van der Waals surface area (Å²) in [6.07, 6.45) is 0.554. The first kappa shape index (κ1) is 23.7. The number of methoxy groups -OCH3 is 1. The van der Waals surface area contributed by atoms with Gasteiger partial charge in [-0.2, -0.15) is 10.1 Å². The van der Waals surface area contributed by atoms with Gasteiger partial charge in [-0.1, -0.05) is 54.2 Å². The number of hydrogen-bond acceptors (Lipinski definition) is 6. The van der Waals surface area contributed by atoms with E-state index in [9.17, 15) is 14.0 Å². The van der Waals surface area contributed by atoms with E-state index in [1.165, 1.54) is 23.9 Å². The minimum Gasteiger partial charge on any atom is -0.497 e. The number of rotatable bonds is 6. The molecule has 2 aliphatic rings. The zero-order valence-corrected chi connectivity index (χ0v) is 20.2. The zero-order chi connectivity index (χ0) is 25.1. The topological polar surface area (TPSA) is 83.4 Å². The third-order valence-electron chi connectivity index (χ3n) is 5.94. The van der Waals surface area contributed by atoms with Gasteiger partial charge in [0.1, 0.15) is 16.8 Å². The van der Waals surface area contributed by atoms with Crippen LogP contribution in [-0.4, -0.2) is 40.1 Å². The molecule has 2 atom stereocenters. The van der Waals surface area contributed by atoms with Crippen molar-refractivity contribution in [2.75, 3.05) is 12.4 Å². The van der Waals surface area contributed by atoms with E-state index in [2.05, 4.69) is 10.3 Å². The second-order valence-electron chi connectivity index (χ2n) is 8.35. The van der Waals surface area contributed by atoms with Crippen molar-refractivity contribution in [1.29, 1.82) is 0 Å². The number of carbonyl (C=O) groups is 2. The van der Waals surface area contributed by atoms with Gasteiger partial charge in [0.25, 0.3) is 5.91 Å². The van der Waals surface area contributed by atoms with Gasteiger partial charge < -0.3 is 10.1 Å². The standard InChI is InChI=1S/C27H23FN4O3S/c1-35-21-13-11-20(12-14-21)29-25(33)16-24-26(34)30-27(36-24)32-23(18-7-9-19(28)10-8-18)15-22(31-32)17-5-3-2-4-6-17/h2-14,23-24H,15-16H2,1H3,(H,29,33)/t23-,24-/m1/s1. The van der Waals surface area contributed by atoms with Crippen LogP contribution in [0, 0.1) is 5.82 Å². The number of nitrogens with one attached hydrogen (secondary N) is 1. The SMILES string of the molecule is COc1ccc(NC(=O)C[C@H]2SC(N3N=C(c4ccccc4)C[C@@H]3c3ccc(F)cc3)=NC2=O)cc1. The van der Waals surface area contributed by atoms with Crippen LogP contribution in [-0.2, 0) is 9.59 Å². The molecule has 9 heteroatoms. The van der Waals surface area contributed by atoms with Crippen molar-refractivity contribution >= 4 is 40.1 Å². The monoisotopic (exact) mass is 502 g/mol. The Bertz CT molecular complexity index is 1330. The average Bonchev–Trinajstić information content (AvgIpc) is 3.49. The number of benzene rings is 3. The van der Waals surface area contributed by atoms with Crippen molar-refractivity contribution < 1.29 is 18.7 Å². The van der Waals surface area contributed by atoms with Crippen molar-refractivity contribution in [3.63, 3.8) is 0 Å². The molecule has 7 nitrogen and oxygen atoms in total. The molecule has 0 radical (unpaired) electrons. The minimum absolute atomic E-state index is 0.0210. The molecule has 0 saturated heterocycles. The largest absolute Gasteiger partial charge is 0.497 e. The molecule has 1 N–H and O–H groups in total. The molecular weight excluding hydrogens is 479 g/mol. The van der Waals surface area contributed by atoms with Gasteiger partial charge in [-0.25, -0.2) is 9.40 Å². The van der Waals surface area contributed by atoms with Gasteiger partial charge in [0.05, 0.1) is 18.9 Å². The summed E-state index contributed by atoms with van der Waals surface area (Å²) >= 11 is 1.22. The quantitative estimate of drug-likeness (QED) is 0.512. The molecule has 0 saturated carbocycles. The fraction of sp³-hybridized carbons (Fsp3) is 0.185. The van der Waals surface area contributed by atoms with Crippen LogP contribution in [0.5, 0.6) is 5.75 Å². The van der Waals surface area contributed by atoms with E-state index < -0.39 is 5.25 Å². The number of thioether (sulfide) groups is 1. The average molecular weight is 503 g/mol. The Kier molecular flexibility index (Phi) is 6.81. The molecule has 0 aromatic heterocycles. The first-order valence-electron chi connectivity index (χ1n) is 11.4. The number of ether oxygens (including phenoxy) is 1. The molecule has 36 heavy (non-hydrogen) atoms. The van der Waals surface area contributed by atoms with Gasteiger partial charge >= 0.3 is 0 Å². The number of amidine groups is 1. The lowest BCUT2D eigenvalue weighted by atomic mass is 9.99. The Morgan fingerprint density at radius 3 is 2.50 bits per heavy atom. The lowest BCUT2D eigenvalue weighted by molar-refractivity contribution is -0.121. The molecule has 0 fully saturated rings. The van der Waals surface area contributed by atoms with Crippen LogP contribution < -0.4 is 10.1 Å². The Labute approximate surface area is 212 Å². The molecule has 3 aromatic rings. The van der Waals surface area contributed by atoms with E-state index in [0.29, 0.717) is 23.0 Å². The number of aliphatic imine (C=N–C) groups is 1. The highest BCUT2D eigenvalue weighted by Crippen LogP contribution is 2.38. The van der Waals surface area contributed by atoms with Gasteiger partial charge in [-0.15, -0.1) is 0 Å². The fourth-order valence-electron chi connectivity index (χ4n) is 4.10. The maximum Gasteiger partial charge on any atom is 0.262 e. The Morgan fingerprint density at radius 2 is 1.81 bits per heavy atom. The van der Waals surface area contributed by atoms with Crippen LogP contribution in [0.15, 0.2) is 89.0 Å². The van der Waals surface area contributed by atoms with Crippen molar-refractivity contribution in [3.8, 4) is 5.75 Å². The third kappa shape index (κ3) is 5.16. The normalized spacial score (nSPS) is 19.2. The van der Waals surface area contributed by atoms with Gasteiger partial charge in [0, 0.05) is 18.5 Å². The van der Waals surface area contributed by atoms with Gasteiger partial charge in [0.2, 0.25) is 5.91 Å². The number of amides is 2. The second-order valence-corrected chi connectivity index (χ2v) is 9.52. The molecule has 182 valence electrons. The summed E-state index contributed by atoms with van der Waals surface area (Å²) in [5.74, 6) is -0.295. The second kappa shape index (κ2) is 10.3. The summed E-state index contributed by atoms with van der Waals surface area (Å²) in [6, 6.07) is 22.8. The maximum atomic E-state index is 13.6. The Morgan fingerprint density at radius 1 is 1.08 bits per heavy atom. The smallest absolute Gasteiger partial charge is 0.262 e. The van der Waals surface area contributed by atoms with Crippen LogP contribution in [0.1, 0.15) is 30.0 Å². The first-order chi connectivity index (χ1) is 17.5. The fourth-order valence-corrected chi connectivity index (χ4v) is 5.16. The third-order valence-corrected chi connectivity index (χ3v) is 7.08. The van der Waals surface area contributed by atoms with Gasteiger partial charge in [-0.3, -0.25) is 9.59 Å². The number of anilines is 1. The highest BCUT2D eigenvalue weighted by Gasteiger charge is 2.39. The number of halogens is 1. The highest BCUT2D eigenvalue weighted by atomic mass is 32.2. The van der Waals surface area contributed by atoms with Crippen molar-refractivity contribution in [2.24, 2.45) is 10.1 Å². The van der Waals surface area contributed by atoms with E-state index >= 15 is 0 Å². The first-order valence-corrected chi connectivity index (χ1v) is 12.3. The molecule has 0 unspecified atom stereocenters. The number of hydrazone groups is 1. The molecular formula is C27H23FN4O3S. The van der Waals surface area contributed by atoms with E-state index in [0.717, 1.165) is 16.8 Å². The Balaban J connectivity index is 1.32. The number of hydrogen-bond donors (Lipinski definition) is 1. The van der Waals surface area contributed by atoms with Crippen molar-refractivity contribution in [2.45, 2.75) is 24.1 Å².